The molecule has 9 nitrogen and oxygen atoms in total. The number of allylic oxidation sites excluding steroid dienone is 9. The Bertz CT molecular complexity index is 1440. The highest BCUT2D eigenvalue weighted by Crippen LogP contribution is 2.43. The average Bonchev–Trinajstić information content (AvgIpc) is 3.35. The summed E-state index contributed by atoms with van der Waals surface area (Å²) < 4.78 is 30.7. The van der Waals surface area contributed by atoms with Crippen LogP contribution in [-0.4, -0.2) is 74.3 Å². The summed E-state index contributed by atoms with van der Waals surface area (Å²) in [6.07, 6.45) is 66.3. The quantitative estimate of drug-likeness (QED) is 0.0205. The van der Waals surface area contributed by atoms with Crippen LogP contribution in [-0.2, 0) is 27.9 Å². The van der Waals surface area contributed by atoms with Crippen molar-refractivity contribution in [2.75, 3.05) is 40.9 Å². The van der Waals surface area contributed by atoms with Crippen LogP contribution in [0.25, 0.3) is 0 Å². The van der Waals surface area contributed by atoms with Crippen molar-refractivity contribution in [3.63, 3.8) is 0 Å². The highest BCUT2D eigenvalue weighted by molar-refractivity contribution is 7.47. The minimum atomic E-state index is -4.45. The number of nitrogens with one attached hydrogen (secondary N) is 1. The number of quaternary nitrogens is 1. The molecule has 0 rings (SSSR count). The summed E-state index contributed by atoms with van der Waals surface area (Å²) in [7, 11) is 1.49. The Morgan fingerprint density at radius 1 is 0.479 bits per heavy atom. The molecule has 0 fully saturated rings. The molecule has 73 heavy (non-hydrogen) atoms. The number of esters is 1. The molecule has 0 saturated carbocycles. The van der Waals surface area contributed by atoms with Gasteiger partial charge in [0.1, 0.15) is 19.3 Å². The maximum atomic E-state index is 13.5. The molecule has 10 heteroatoms. The van der Waals surface area contributed by atoms with Gasteiger partial charge in [-0.1, -0.05) is 230 Å². The summed E-state index contributed by atoms with van der Waals surface area (Å²) in [6.45, 7) is 6.96. The molecule has 0 spiro atoms. The van der Waals surface area contributed by atoms with Crippen LogP contribution in [0.3, 0.4) is 0 Å². The van der Waals surface area contributed by atoms with E-state index in [9.17, 15) is 19.0 Å². The molecule has 0 aliphatic carbocycles. The van der Waals surface area contributed by atoms with Gasteiger partial charge in [0, 0.05) is 12.8 Å². The van der Waals surface area contributed by atoms with E-state index in [1.807, 2.05) is 33.3 Å². The number of phosphoric ester groups is 1. The van der Waals surface area contributed by atoms with Crippen LogP contribution in [0.4, 0.5) is 0 Å². The first-order chi connectivity index (χ1) is 35.4. The second kappa shape index (κ2) is 53.1. The standard InChI is InChI=1S/C63H117N2O7P/c1-7-10-13-16-19-22-25-28-30-32-34-37-40-43-46-49-52-55-62(66)64-60(59-71-73(68,69)70-58-57-65(4,5)6)61(54-51-48-45-42-39-36-27-24-21-18-15-12-9-3)72-63(67)56-53-50-47-44-41-38-35-33-31-29-26-23-20-17-14-11-8-2/h19-20,22-23,28-31,51,54,60-61H,7-18,21,24-27,32-50,52-53,55-59H2,1-6H3,(H-,64,66,68,69)/p+1/b22-19-,23-20-,30-28-,31-29-,54-51+. The van der Waals surface area contributed by atoms with Gasteiger partial charge in [0.25, 0.3) is 0 Å². The zero-order chi connectivity index (χ0) is 53.6. The lowest BCUT2D eigenvalue weighted by molar-refractivity contribution is -0.870. The molecule has 3 atom stereocenters. The first kappa shape index (κ1) is 70.7. The van der Waals surface area contributed by atoms with E-state index in [2.05, 4.69) is 74.7 Å². The van der Waals surface area contributed by atoms with Crippen LogP contribution in [0.2, 0.25) is 0 Å². The SMILES string of the molecule is CCCCC/C=C\C/C=C\CCCCCCCCCC(=O)NC(COP(=O)(O)OCC[N+](C)(C)C)C(/C=C/CCCCCCCCCCCCC)OC(=O)CCCCCCCCC/C=C\C/C=C\CCCCC. The lowest BCUT2D eigenvalue weighted by Crippen LogP contribution is -2.47. The Morgan fingerprint density at radius 3 is 1.26 bits per heavy atom. The monoisotopic (exact) mass is 1050 g/mol. The topological polar surface area (TPSA) is 111 Å². The number of hydrogen-bond acceptors (Lipinski definition) is 6. The third-order valence-corrected chi connectivity index (χ3v) is 14.4. The molecule has 1 amide bonds. The van der Waals surface area contributed by atoms with Crippen LogP contribution >= 0.6 is 7.82 Å². The van der Waals surface area contributed by atoms with E-state index in [0.29, 0.717) is 17.4 Å². The van der Waals surface area contributed by atoms with Gasteiger partial charge in [-0.15, -0.1) is 0 Å². The molecular formula is C63H118N2O7P+. The van der Waals surface area contributed by atoms with Gasteiger partial charge in [-0.25, -0.2) is 4.57 Å². The predicted octanol–water partition coefficient (Wildman–Crippen LogP) is 18.7. The Balaban J connectivity index is 5.34. The molecule has 0 aromatic heterocycles. The molecule has 0 aliphatic rings. The number of phosphoric acid groups is 1. The maximum Gasteiger partial charge on any atom is 0.472 e. The summed E-state index contributed by atoms with van der Waals surface area (Å²) in [4.78, 5) is 37.7. The number of carbonyl (C=O) groups is 2. The fraction of sp³-hybridized carbons (Fsp3) is 0.810. The largest absolute Gasteiger partial charge is 0.472 e. The van der Waals surface area contributed by atoms with Gasteiger partial charge in [0.15, 0.2) is 0 Å². The number of amides is 1. The number of nitrogens with zero attached hydrogens (tertiary/aromatic N) is 1. The number of unbranched alkanes of at least 4 members (excludes halogenated alkanes) is 31. The van der Waals surface area contributed by atoms with Crippen molar-refractivity contribution in [2.24, 2.45) is 0 Å². The lowest BCUT2D eigenvalue weighted by Gasteiger charge is -2.27. The van der Waals surface area contributed by atoms with Crippen molar-refractivity contribution in [3.8, 4) is 0 Å². The summed E-state index contributed by atoms with van der Waals surface area (Å²) in [5, 5.41) is 3.05. The zero-order valence-electron chi connectivity index (χ0n) is 48.6. The molecule has 2 N–H and O–H groups in total. The van der Waals surface area contributed by atoms with E-state index in [1.54, 1.807) is 0 Å². The third kappa shape index (κ3) is 54.3. The summed E-state index contributed by atoms with van der Waals surface area (Å²) >= 11 is 0. The molecule has 0 bridgehead atoms. The minimum absolute atomic E-state index is 0.0362. The normalized spacial score (nSPS) is 14.1. The second-order valence-electron chi connectivity index (χ2n) is 21.9. The molecule has 3 unspecified atom stereocenters. The van der Waals surface area contributed by atoms with E-state index < -0.39 is 20.0 Å². The predicted molar refractivity (Wildman–Crippen MR) is 314 cm³/mol. The highest BCUT2D eigenvalue weighted by atomic mass is 31.2. The van der Waals surface area contributed by atoms with Crippen LogP contribution in [0.15, 0.2) is 60.8 Å². The smallest absolute Gasteiger partial charge is 0.456 e. The molecule has 0 heterocycles. The van der Waals surface area contributed by atoms with Crippen molar-refractivity contribution in [1.29, 1.82) is 0 Å². The Labute approximate surface area is 451 Å². The fourth-order valence-electron chi connectivity index (χ4n) is 8.65. The van der Waals surface area contributed by atoms with Crippen LogP contribution in [0, 0.1) is 0 Å². The number of rotatable bonds is 55. The first-order valence-corrected chi connectivity index (χ1v) is 32.1. The van der Waals surface area contributed by atoms with Crippen molar-refractivity contribution < 1.29 is 37.3 Å². The van der Waals surface area contributed by atoms with Crippen molar-refractivity contribution in [3.05, 3.63) is 60.8 Å². The minimum Gasteiger partial charge on any atom is -0.456 e. The number of ether oxygens (including phenoxy) is 1. The van der Waals surface area contributed by atoms with E-state index >= 15 is 0 Å². The van der Waals surface area contributed by atoms with E-state index in [4.69, 9.17) is 13.8 Å². The number of hydrogen-bond donors (Lipinski definition) is 2. The molecule has 0 aromatic carbocycles. The zero-order valence-corrected chi connectivity index (χ0v) is 49.5. The average molecular weight is 1050 g/mol. The van der Waals surface area contributed by atoms with Gasteiger partial charge >= 0.3 is 13.8 Å². The van der Waals surface area contributed by atoms with E-state index in [1.165, 1.54) is 148 Å². The lowest BCUT2D eigenvalue weighted by atomic mass is 10.0. The Hall–Kier alpha value is -2.29. The van der Waals surface area contributed by atoms with Crippen LogP contribution < -0.4 is 5.32 Å². The maximum absolute atomic E-state index is 13.5. The highest BCUT2D eigenvalue weighted by Gasteiger charge is 2.30. The van der Waals surface area contributed by atoms with E-state index in [-0.39, 0.29) is 31.5 Å². The van der Waals surface area contributed by atoms with E-state index in [0.717, 1.165) is 96.3 Å². The Morgan fingerprint density at radius 2 is 0.836 bits per heavy atom. The third-order valence-electron chi connectivity index (χ3n) is 13.4. The van der Waals surface area contributed by atoms with Crippen LogP contribution in [0.1, 0.15) is 278 Å². The molecule has 0 radical (unpaired) electrons. The van der Waals surface area contributed by atoms with Crippen molar-refractivity contribution in [1.82, 2.24) is 5.32 Å². The molecule has 0 aromatic rings. The summed E-state index contributed by atoms with van der Waals surface area (Å²) in [5.41, 5.74) is 0. The molecule has 426 valence electrons. The van der Waals surface area contributed by atoms with Crippen molar-refractivity contribution >= 4 is 19.7 Å². The van der Waals surface area contributed by atoms with Gasteiger partial charge < -0.3 is 19.4 Å². The fourth-order valence-corrected chi connectivity index (χ4v) is 9.38. The molecule has 0 saturated heterocycles. The van der Waals surface area contributed by atoms with Gasteiger partial charge in [0.2, 0.25) is 5.91 Å². The number of carbonyl (C=O) groups excluding carboxylic acids is 2. The van der Waals surface area contributed by atoms with Crippen LogP contribution in [0.5, 0.6) is 0 Å². The van der Waals surface area contributed by atoms with Gasteiger partial charge in [-0.05, 0) is 96.0 Å². The number of likely N-dealkylation sites (N-methyl/N-ethyl adjacent to an activating group) is 1. The summed E-state index contributed by atoms with van der Waals surface area (Å²) in [5.74, 6) is -0.519. The molecule has 0 aliphatic heterocycles. The Kier molecular flexibility index (Phi) is 51.5. The van der Waals surface area contributed by atoms with Crippen molar-refractivity contribution in [2.45, 2.75) is 290 Å². The molecular weight excluding hydrogens is 928 g/mol. The van der Waals surface area contributed by atoms with Gasteiger partial charge in [0.05, 0.1) is 33.8 Å². The van der Waals surface area contributed by atoms with Gasteiger partial charge in [-0.3, -0.25) is 18.6 Å². The summed E-state index contributed by atoms with van der Waals surface area (Å²) in [6, 6.07) is -0.856. The second-order valence-corrected chi connectivity index (χ2v) is 23.3. The first-order valence-electron chi connectivity index (χ1n) is 30.6. The van der Waals surface area contributed by atoms with Gasteiger partial charge in [-0.2, -0.15) is 0 Å².